The van der Waals surface area contributed by atoms with E-state index in [-0.39, 0.29) is 35.7 Å². The number of carbonyl (C=O) groups excluding carboxylic acids is 1. The van der Waals surface area contributed by atoms with Crippen LogP contribution in [0.25, 0.3) is 16.9 Å². The van der Waals surface area contributed by atoms with Crippen LogP contribution in [0.3, 0.4) is 0 Å². The number of guanidine groups is 1. The molecule has 1 aliphatic heterocycles. The van der Waals surface area contributed by atoms with Crippen LogP contribution < -0.4 is 20.5 Å². The van der Waals surface area contributed by atoms with E-state index in [0.29, 0.717) is 34.4 Å². The Labute approximate surface area is 358 Å². The van der Waals surface area contributed by atoms with E-state index in [0.717, 1.165) is 39.1 Å². The van der Waals surface area contributed by atoms with E-state index in [1.54, 1.807) is 65.8 Å². The first-order valence-corrected chi connectivity index (χ1v) is 22.2. The van der Waals surface area contributed by atoms with Crippen LogP contribution in [-0.2, 0) is 42.3 Å². The van der Waals surface area contributed by atoms with Crippen molar-refractivity contribution in [2.45, 2.75) is 115 Å². The van der Waals surface area contributed by atoms with Gasteiger partial charge in [0.05, 0.1) is 26.8 Å². The SMILES string of the molecule is Cc1ccc(-c2cc(C(F)(F)F)nn2-c2ccc(S(=O)(=O)NC(=O)C(CCCN(OC(C)(C)C)C(N)=NS(=O)(=O)c3c(C)c(C)c4c(c3C)CC(C)(C)O4)NC(=O)O)cc2)cc1. The van der Waals surface area contributed by atoms with E-state index in [1.807, 2.05) is 30.8 Å². The monoisotopic (exact) mass is 905 g/mol. The van der Waals surface area contributed by atoms with Gasteiger partial charge >= 0.3 is 12.3 Å². The van der Waals surface area contributed by atoms with Crippen molar-refractivity contribution in [3.05, 3.63) is 88.1 Å². The molecular formula is C41H50F3N7O9S2. The summed E-state index contributed by atoms with van der Waals surface area (Å²) < 4.78 is 109. The number of benzene rings is 3. The molecule has 0 aliphatic carbocycles. The van der Waals surface area contributed by atoms with Crippen LogP contribution in [0.15, 0.2) is 68.8 Å². The van der Waals surface area contributed by atoms with Gasteiger partial charge in [0.2, 0.25) is 5.96 Å². The van der Waals surface area contributed by atoms with Crippen molar-refractivity contribution in [1.82, 2.24) is 24.9 Å². The summed E-state index contributed by atoms with van der Waals surface area (Å²) in [6.45, 7) is 15.5. The largest absolute Gasteiger partial charge is 0.487 e. The van der Waals surface area contributed by atoms with Crippen LogP contribution in [-0.4, -0.2) is 78.5 Å². The minimum Gasteiger partial charge on any atom is -0.487 e. The Morgan fingerprint density at radius 2 is 1.61 bits per heavy atom. The minimum atomic E-state index is -4.77. The predicted octanol–water partition coefficient (Wildman–Crippen LogP) is 6.46. The Morgan fingerprint density at radius 1 is 1.00 bits per heavy atom. The van der Waals surface area contributed by atoms with Gasteiger partial charge in [-0.05, 0) is 122 Å². The summed E-state index contributed by atoms with van der Waals surface area (Å²) in [5.74, 6) is -1.18. The molecule has 4 aromatic rings. The van der Waals surface area contributed by atoms with Crippen LogP contribution in [0.5, 0.6) is 5.75 Å². The first-order valence-electron chi connectivity index (χ1n) is 19.3. The fraction of sp³-hybridized carbons (Fsp3) is 0.415. The molecule has 1 aliphatic rings. The Kier molecular flexibility index (Phi) is 13.2. The molecule has 21 heteroatoms. The topological polar surface area (TPSA) is 225 Å². The highest BCUT2D eigenvalue weighted by Gasteiger charge is 2.38. The first kappa shape index (κ1) is 47.4. The lowest BCUT2D eigenvalue weighted by Crippen LogP contribution is -2.48. The molecular weight excluding hydrogens is 856 g/mol. The molecule has 1 atom stereocenters. The number of halogens is 3. The Bertz CT molecular complexity index is 2620. The van der Waals surface area contributed by atoms with Crippen LogP contribution >= 0.6 is 0 Å². The molecule has 2 amide bonds. The van der Waals surface area contributed by atoms with Gasteiger partial charge < -0.3 is 20.9 Å². The second-order valence-corrected chi connectivity index (χ2v) is 19.8. The lowest BCUT2D eigenvalue weighted by atomic mass is 9.94. The number of hydrogen-bond donors (Lipinski definition) is 4. The molecule has 1 unspecified atom stereocenters. The zero-order valence-electron chi connectivity index (χ0n) is 35.6. The van der Waals surface area contributed by atoms with Crippen molar-refractivity contribution in [1.29, 1.82) is 0 Å². The number of nitrogens with two attached hydrogens (primary N) is 1. The minimum absolute atomic E-state index is 0.0315. The van der Waals surface area contributed by atoms with Crippen molar-refractivity contribution < 1.29 is 54.3 Å². The molecule has 0 radical (unpaired) electrons. The highest BCUT2D eigenvalue weighted by atomic mass is 32.2. The first-order chi connectivity index (χ1) is 28.5. The predicted molar refractivity (Wildman–Crippen MR) is 224 cm³/mol. The molecule has 0 saturated carbocycles. The van der Waals surface area contributed by atoms with Gasteiger partial charge in [0.15, 0.2) is 5.69 Å². The molecule has 2 heterocycles. The van der Waals surface area contributed by atoms with Crippen LogP contribution in [0, 0.1) is 27.7 Å². The van der Waals surface area contributed by atoms with Gasteiger partial charge in [-0.25, -0.2) is 27.7 Å². The van der Waals surface area contributed by atoms with Crippen LogP contribution in [0.1, 0.15) is 81.0 Å². The Balaban J connectivity index is 1.34. The van der Waals surface area contributed by atoms with Gasteiger partial charge in [0, 0.05) is 24.1 Å². The molecule has 336 valence electrons. The van der Waals surface area contributed by atoms with Gasteiger partial charge in [-0.3, -0.25) is 9.63 Å². The number of carboxylic acid groups (broad SMARTS) is 1. The molecule has 1 aromatic heterocycles. The van der Waals surface area contributed by atoms with E-state index >= 15 is 0 Å². The number of hydroxylamine groups is 2. The number of hydrogen-bond acceptors (Lipinski definition) is 9. The normalized spacial score (nSPS) is 14.8. The standard InChI is InChI=1S/C41H50F3N7O9S2/c1-23-12-14-27(15-13-23)32-21-33(41(42,43)44)47-51(32)28-16-18-29(19-17-28)61(55,56)48-36(52)31(46-38(53)54)11-10-20-50(60-39(5,6)7)37(45)49-62(57,58)35-25(3)24(2)34-30(26(35)4)22-40(8,9)59-34/h12-19,21,31,46H,10-11,20,22H2,1-9H3,(H2,45,49)(H,48,52)(H,53,54). The number of aromatic nitrogens is 2. The third-order valence-corrected chi connectivity index (χ3v) is 12.8. The summed E-state index contributed by atoms with van der Waals surface area (Å²) in [5.41, 5.74) is 7.38. The van der Waals surface area contributed by atoms with Crippen molar-refractivity contribution in [3.63, 3.8) is 0 Å². The van der Waals surface area contributed by atoms with Crippen molar-refractivity contribution in [2.75, 3.05) is 6.54 Å². The van der Waals surface area contributed by atoms with E-state index in [2.05, 4.69) is 9.50 Å². The molecule has 0 fully saturated rings. The number of sulfonamides is 2. The highest BCUT2D eigenvalue weighted by molar-refractivity contribution is 7.90. The molecule has 16 nitrogen and oxygen atoms in total. The maximum atomic E-state index is 13.9. The number of ether oxygens (including phenoxy) is 1. The number of amides is 2. The van der Waals surface area contributed by atoms with Gasteiger partial charge in [0.1, 0.15) is 17.4 Å². The fourth-order valence-corrected chi connectivity index (χ4v) is 9.41. The van der Waals surface area contributed by atoms with Gasteiger partial charge in [-0.2, -0.15) is 26.7 Å². The highest BCUT2D eigenvalue weighted by Crippen LogP contribution is 2.44. The summed E-state index contributed by atoms with van der Waals surface area (Å²) >= 11 is 0. The number of nitrogens with zero attached hydrogens (tertiary/aromatic N) is 4. The van der Waals surface area contributed by atoms with E-state index in [1.165, 1.54) is 12.1 Å². The summed E-state index contributed by atoms with van der Waals surface area (Å²) in [5, 5.41) is 16.2. The lowest BCUT2D eigenvalue weighted by molar-refractivity contribution is -0.183. The Hall–Kier alpha value is -5.67. The number of alkyl halides is 3. The molecule has 5 N–H and O–H groups in total. The summed E-state index contributed by atoms with van der Waals surface area (Å²) in [4.78, 5) is 30.5. The zero-order chi connectivity index (χ0) is 46.3. The number of carbonyl (C=O) groups is 2. The van der Waals surface area contributed by atoms with Crippen molar-refractivity contribution in [3.8, 4) is 22.7 Å². The number of fused-ring (bicyclic) bond motifs is 1. The van der Waals surface area contributed by atoms with Crippen molar-refractivity contribution in [2.24, 2.45) is 10.1 Å². The summed E-state index contributed by atoms with van der Waals surface area (Å²) in [7, 11) is -9.11. The van der Waals surface area contributed by atoms with E-state index < -0.39 is 72.0 Å². The molecule has 3 aromatic carbocycles. The third kappa shape index (κ3) is 10.9. The van der Waals surface area contributed by atoms with Gasteiger partial charge in [0.25, 0.3) is 26.0 Å². The lowest BCUT2D eigenvalue weighted by Gasteiger charge is -2.30. The molecule has 62 heavy (non-hydrogen) atoms. The van der Waals surface area contributed by atoms with E-state index in [9.17, 15) is 44.7 Å². The summed E-state index contributed by atoms with van der Waals surface area (Å²) in [6.07, 6.45) is -6.37. The van der Waals surface area contributed by atoms with Crippen LogP contribution in [0.4, 0.5) is 18.0 Å². The quantitative estimate of drug-likeness (QED) is 0.0645. The molecule has 0 bridgehead atoms. The maximum Gasteiger partial charge on any atom is 0.435 e. The van der Waals surface area contributed by atoms with E-state index in [4.69, 9.17) is 15.3 Å². The number of nitrogens with one attached hydrogen (secondary N) is 2. The second kappa shape index (κ2) is 17.2. The third-order valence-electron chi connectivity index (χ3n) is 9.85. The maximum absolute atomic E-state index is 13.9. The second-order valence-electron chi connectivity index (χ2n) is 16.6. The Morgan fingerprint density at radius 3 is 2.18 bits per heavy atom. The zero-order valence-corrected chi connectivity index (χ0v) is 37.3. The van der Waals surface area contributed by atoms with Gasteiger partial charge in [-0.15, -0.1) is 4.40 Å². The fourth-order valence-electron chi connectivity index (χ4n) is 6.92. The van der Waals surface area contributed by atoms with Crippen molar-refractivity contribution >= 4 is 38.0 Å². The molecule has 0 spiro atoms. The average Bonchev–Trinajstić information content (AvgIpc) is 3.74. The van der Waals surface area contributed by atoms with Gasteiger partial charge in [-0.1, -0.05) is 29.8 Å². The molecule has 5 rings (SSSR count). The smallest absolute Gasteiger partial charge is 0.435 e. The number of rotatable bonds is 13. The summed E-state index contributed by atoms with van der Waals surface area (Å²) in [6, 6.07) is 10.4. The van der Waals surface area contributed by atoms with Crippen LogP contribution in [0.2, 0.25) is 0 Å². The average molecular weight is 906 g/mol. The molecule has 0 saturated heterocycles. The number of aryl methyl sites for hydroxylation is 1.